The molecule has 57 heteroatoms. The number of aromatic amines is 1. The van der Waals surface area contributed by atoms with Crippen LogP contribution in [0.25, 0.3) is 0 Å². The highest BCUT2D eigenvalue weighted by molar-refractivity contribution is 7.98. The monoisotopic (exact) mass is 2030 g/mol. The Morgan fingerprint density at radius 1 is 0.380 bits per heavy atom. The number of H-pyrrole nitrogens is 1. The van der Waals surface area contributed by atoms with Gasteiger partial charge < -0.3 is 159 Å². The number of hydrogen-bond acceptors (Lipinski definition) is 35. The Bertz CT molecular complexity index is 4630. The van der Waals surface area contributed by atoms with E-state index in [-0.39, 0.29) is 53.3 Å². The molecular formula is C80H120N22O30S5. The molecule has 0 aliphatic carbocycles. The number of thiol groups is 3. The van der Waals surface area contributed by atoms with E-state index in [2.05, 4.69) is 133 Å². The average molecular weight is 2030 g/mol. The number of benzene rings is 2. The third-order valence-corrected chi connectivity index (χ3v) is 22.6. The van der Waals surface area contributed by atoms with E-state index >= 15 is 9.59 Å². The standard InChI is InChI=1S/C80H120N22O30S5/c1-7-35(2)61(100-78(129)63(37(4)107)102-79(130)62(36(3)106)101-76(127)56(33-135)98-70(121)50(25-60(113)114)93-71(122)51(28-103)86-59(112)26-81)77(128)94-47(22-40-27-84-34-85-40)67(118)89-46(21-39-10-14-42(109)15-11-39)66(117)91-48(23-57(82)110)68(119)90-45(20-38-8-12-41(108)13-9-38)65(116)87-43(16-18-136-5)64(115)97-55(32-134)75(126)92-49(24-58(83)111)69(120)95-52(29-104)72(123)96-53(30-105)73(124)99-54(31-133)74(125)88-44(80(131)132)17-19-137-6/h8-15,27,34-37,43-56,61-63,103-109,133-135H,7,16-26,28-33,81H2,1-6H3,(H2,82,110)(H2,83,111)(H,84,85)(H,86,112)(H,87,116)(H,88,125)(H,89,118)(H,90,119)(H,91,117)(H,92,126)(H,93,122)(H,94,128)(H,95,120)(H,96,123)(H,97,115)(H,98,121)(H,99,124)(H,100,129)(H,101,127)(H,102,130)(H,113,114)(H,131,132)/t35-,36+,37+,43-,44-,45-,46-,47-,48-,49-,50-,51-,52-,53-,54-,55-,56-,61-,62-,63-/m0/s1. The predicted octanol–water partition coefficient (Wildman–Crippen LogP) is -12.6. The number of phenolic OH excluding ortho intramolecular Hbond substituents is 2. The summed E-state index contributed by atoms with van der Waals surface area (Å²) in [4.78, 5) is 293. The first-order valence-electron chi connectivity index (χ1n) is 42.1. The van der Waals surface area contributed by atoms with Crippen LogP contribution in [-0.4, -0.2) is 363 Å². The van der Waals surface area contributed by atoms with Crippen molar-refractivity contribution in [1.82, 2.24) is 100 Å². The maximum atomic E-state index is 15.0. The predicted molar refractivity (Wildman–Crippen MR) is 497 cm³/mol. The van der Waals surface area contributed by atoms with Crippen LogP contribution in [0.2, 0.25) is 0 Å². The molecule has 2 aromatic carbocycles. The number of nitrogens with two attached hydrogens (primary N) is 3. The zero-order valence-corrected chi connectivity index (χ0v) is 79.3. The van der Waals surface area contributed by atoms with E-state index in [0.717, 1.165) is 13.8 Å². The lowest BCUT2D eigenvalue weighted by atomic mass is 9.96. The quantitative estimate of drug-likeness (QED) is 0.0233. The van der Waals surface area contributed by atoms with Gasteiger partial charge in [-0.15, -0.1) is 0 Å². The summed E-state index contributed by atoms with van der Waals surface area (Å²) in [6.07, 6.45) is -2.75. The normalized spacial score (nSPS) is 15.5. The number of carbonyl (C=O) groups excluding carboxylic acids is 19. The summed E-state index contributed by atoms with van der Waals surface area (Å²) in [7, 11) is 0. The molecule has 0 unspecified atom stereocenters. The molecule has 19 amide bonds. The lowest BCUT2D eigenvalue weighted by Gasteiger charge is -2.31. The molecule has 137 heavy (non-hydrogen) atoms. The summed E-state index contributed by atoms with van der Waals surface area (Å²) in [6.45, 7) is 1.05. The third-order valence-electron chi connectivity index (χ3n) is 20.2. The Kier molecular flexibility index (Phi) is 52.9. The number of aliphatic hydroxyl groups excluding tert-OH is 5. The topological polar surface area (TPSA) is 852 Å². The molecule has 760 valence electrons. The van der Waals surface area contributed by atoms with Gasteiger partial charge in [-0.1, -0.05) is 44.5 Å². The molecule has 0 saturated heterocycles. The number of amides is 19. The van der Waals surface area contributed by atoms with Crippen LogP contribution in [0.15, 0.2) is 61.1 Å². The van der Waals surface area contributed by atoms with Gasteiger partial charge in [-0.05, 0) is 92.0 Å². The van der Waals surface area contributed by atoms with Gasteiger partial charge in [0.25, 0.3) is 0 Å². The highest BCUT2D eigenvalue weighted by Crippen LogP contribution is 2.18. The molecule has 0 fully saturated rings. The Morgan fingerprint density at radius 2 is 0.664 bits per heavy atom. The van der Waals surface area contributed by atoms with E-state index in [1.54, 1.807) is 19.4 Å². The van der Waals surface area contributed by atoms with E-state index < -0.39 is 327 Å². The van der Waals surface area contributed by atoms with E-state index in [4.69, 9.17) is 17.2 Å². The number of carboxylic acids is 2. The van der Waals surface area contributed by atoms with E-state index in [0.29, 0.717) is 5.75 Å². The molecular weight excluding hydrogens is 1910 g/mol. The lowest BCUT2D eigenvalue weighted by Crippen LogP contribution is -2.64. The number of aliphatic hydroxyl groups is 5. The number of primary amides is 2. The van der Waals surface area contributed by atoms with Crippen LogP contribution >= 0.6 is 61.4 Å². The van der Waals surface area contributed by atoms with E-state index in [9.17, 15) is 137 Å². The number of carboxylic acid groups (broad SMARTS) is 2. The molecule has 52 nitrogen and oxygen atoms in total. The van der Waals surface area contributed by atoms with Gasteiger partial charge >= 0.3 is 11.9 Å². The van der Waals surface area contributed by atoms with Crippen molar-refractivity contribution >= 4 is 186 Å². The number of aromatic nitrogens is 2. The first-order chi connectivity index (χ1) is 64.7. The molecule has 33 N–H and O–H groups in total. The van der Waals surface area contributed by atoms with Crippen LogP contribution in [0.4, 0.5) is 0 Å². The molecule has 0 bridgehead atoms. The average Bonchev–Trinajstić information content (AvgIpc) is 1.40. The molecule has 0 aliphatic rings. The zero-order chi connectivity index (χ0) is 103. The van der Waals surface area contributed by atoms with Gasteiger partial charge in [-0.3, -0.25) is 95.9 Å². The molecule has 3 rings (SSSR count). The summed E-state index contributed by atoms with van der Waals surface area (Å²) in [5.74, 6) is -28.8. The van der Waals surface area contributed by atoms with E-state index in [1.807, 2.05) is 5.32 Å². The minimum atomic E-state index is -2.07. The fourth-order valence-corrected chi connectivity index (χ4v) is 14.1. The number of carbonyl (C=O) groups is 21. The fourth-order valence-electron chi connectivity index (χ4n) is 12.4. The summed E-state index contributed by atoms with van der Waals surface area (Å²) >= 11 is 14.8. The van der Waals surface area contributed by atoms with Crippen LogP contribution in [0.3, 0.4) is 0 Å². The minimum absolute atomic E-state index is 0.00225. The molecule has 3 aromatic rings. The van der Waals surface area contributed by atoms with Gasteiger partial charge in [0, 0.05) is 48.4 Å². The van der Waals surface area contributed by atoms with Crippen LogP contribution < -0.4 is 108 Å². The first kappa shape index (κ1) is 119. The number of nitrogens with zero attached hydrogens (tertiary/aromatic N) is 1. The maximum Gasteiger partial charge on any atom is 0.326 e. The van der Waals surface area contributed by atoms with Gasteiger partial charge in [0.1, 0.15) is 114 Å². The van der Waals surface area contributed by atoms with E-state index in [1.165, 1.54) is 91.5 Å². The number of aliphatic carboxylic acids is 2. The minimum Gasteiger partial charge on any atom is -0.508 e. The lowest BCUT2D eigenvalue weighted by molar-refractivity contribution is -0.142. The summed E-state index contributed by atoms with van der Waals surface area (Å²) in [5.41, 5.74) is 17.0. The smallest absolute Gasteiger partial charge is 0.326 e. The largest absolute Gasteiger partial charge is 0.508 e. The van der Waals surface area contributed by atoms with Gasteiger partial charge in [-0.2, -0.15) is 61.4 Å². The van der Waals surface area contributed by atoms with Crippen molar-refractivity contribution in [3.05, 3.63) is 77.9 Å². The van der Waals surface area contributed by atoms with Crippen LogP contribution in [0.1, 0.15) is 83.0 Å². The first-order valence-corrected chi connectivity index (χ1v) is 46.7. The highest BCUT2D eigenvalue weighted by atomic mass is 32.2. The van der Waals surface area contributed by atoms with Gasteiger partial charge in [0.05, 0.1) is 64.2 Å². The molecule has 0 aliphatic heterocycles. The molecule has 0 saturated carbocycles. The Hall–Kier alpha value is -12.4. The van der Waals surface area contributed by atoms with Crippen molar-refractivity contribution in [2.45, 2.75) is 200 Å². The number of thioether (sulfide) groups is 2. The second kappa shape index (κ2) is 61.0. The zero-order valence-electron chi connectivity index (χ0n) is 75.0. The van der Waals surface area contributed by atoms with Crippen molar-refractivity contribution in [3.63, 3.8) is 0 Å². The fraction of sp³-hybridized carbons (Fsp3) is 0.550. The SMILES string of the molecule is CC[C@H](C)[C@H](NC(=O)[C@@H](NC(=O)[C@@H](NC(=O)[C@H](CS)NC(=O)[C@H](CC(=O)O)NC(=O)[C@H](CO)NC(=O)CN)[C@@H](C)O)[C@@H](C)O)C(=O)N[C@@H](Cc1cnc[nH]1)C(=O)N[C@@H](Cc1ccc(O)cc1)C(=O)N[C@@H](CC(N)=O)C(=O)N[C@@H](Cc1ccc(O)cc1)C(=O)N[C@@H](CCSC)C(=O)N[C@@H](CS)C(=O)N[C@@H](CC(N)=O)C(=O)N[C@@H](CO)C(=O)N[C@@H](CO)C(=O)N[C@@H](CS)C(=O)N[C@@H](CCSC)C(=O)O. The molecule has 1 aromatic heterocycles. The molecule has 1 heterocycles. The number of aromatic hydroxyl groups is 2. The third kappa shape index (κ3) is 41.2. The Morgan fingerprint density at radius 3 is 1.00 bits per heavy atom. The Balaban J connectivity index is 2.00. The van der Waals surface area contributed by atoms with Crippen LogP contribution in [-0.2, 0) is 120 Å². The van der Waals surface area contributed by atoms with Crippen molar-refractivity contribution in [1.29, 1.82) is 0 Å². The van der Waals surface area contributed by atoms with Crippen molar-refractivity contribution in [2.75, 3.05) is 67.6 Å². The van der Waals surface area contributed by atoms with Crippen LogP contribution in [0.5, 0.6) is 11.5 Å². The van der Waals surface area contributed by atoms with Gasteiger partial charge in [0.2, 0.25) is 112 Å². The molecule has 0 spiro atoms. The molecule has 20 atom stereocenters. The van der Waals surface area contributed by atoms with Crippen molar-refractivity contribution in [3.8, 4) is 11.5 Å². The van der Waals surface area contributed by atoms with Crippen molar-refractivity contribution in [2.24, 2.45) is 23.1 Å². The summed E-state index contributed by atoms with van der Waals surface area (Å²) in [6, 6.07) is -20.9. The second-order valence-electron chi connectivity index (χ2n) is 30.9. The van der Waals surface area contributed by atoms with Crippen molar-refractivity contribution < 1.29 is 147 Å². The van der Waals surface area contributed by atoms with Gasteiger partial charge in [-0.25, -0.2) is 9.78 Å². The van der Waals surface area contributed by atoms with Gasteiger partial charge in [0.15, 0.2) is 0 Å². The second-order valence-corrected chi connectivity index (χ2v) is 34.0. The number of imidazole rings is 1. The van der Waals surface area contributed by atoms with Crippen LogP contribution in [0, 0.1) is 5.92 Å². The number of nitrogens with one attached hydrogen (secondary N) is 18. The highest BCUT2D eigenvalue weighted by Gasteiger charge is 2.42. The molecule has 0 radical (unpaired) electrons. The number of rotatable bonds is 63. The summed E-state index contributed by atoms with van der Waals surface area (Å²) < 4.78 is 0. The summed E-state index contributed by atoms with van der Waals surface area (Å²) in [5, 5.41) is 130. The maximum absolute atomic E-state index is 15.0. The number of phenols is 2. The Labute approximate surface area is 808 Å². The number of hydrogen-bond donors (Lipinski definition) is 33.